The standard InChI is InChI=1S/C17H28N2O/c1-13(12-15-8-6-7-11-18-15)19-14(2)16-9-4-5-10-17(16)20-3/h4-5,9-10,13-15,18-19H,6-8,11-12H2,1-3H3/t13?,14-,15?/m1/s1. The summed E-state index contributed by atoms with van der Waals surface area (Å²) in [5.74, 6) is 0.968. The van der Waals surface area contributed by atoms with Crippen molar-refractivity contribution in [3.63, 3.8) is 0 Å². The third-order valence-electron chi connectivity index (χ3n) is 4.19. The van der Waals surface area contributed by atoms with Crippen LogP contribution in [0.5, 0.6) is 5.75 Å². The molecule has 0 spiro atoms. The van der Waals surface area contributed by atoms with Gasteiger partial charge in [0.2, 0.25) is 0 Å². The molecule has 3 heteroatoms. The molecule has 2 rings (SSSR count). The Morgan fingerprint density at radius 3 is 2.80 bits per heavy atom. The van der Waals surface area contributed by atoms with E-state index in [1.165, 1.54) is 37.8 Å². The number of para-hydroxylation sites is 1. The van der Waals surface area contributed by atoms with E-state index in [4.69, 9.17) is 4.74 Å². The summed E-state index contributed by atoms with van der Waals surface area (Å²) in [5.41, 5.74) is 1.23. The van der Waals surface area contributed by atoms with E-state index in [2.05, 4.69) is 36.6 Å². The summed E-state index contributed by atoms with van der Waals surface area (Å²) >= 11 is 0. The van der Waals surface area contributed by atoms with Crippen LogP contribution in [0.3, 0.4) is 0 Å². The lowest BCUT2D eigenvalue weighted by Gasteiger charge is -2.28. The zero-order valence-electron chi connectivity index (χ0n) is 13.0. The highest BCUT2D eigenvalue weighted by atomic mass is 16.5. The van der Waals surface area contributed by atoms with Gasteiger partial charge in [-0.2, -0.15) is 0 Å². The molecule has 20 heavy (non-hydrogen) atoms. The molecule has 0 radical (unpaired) electrons. The number of rotatable bonds is 6. The molecular formula is C17H28N2O. The van der Waals surface area contributed by atoms with Gasteiger partial charge in [0.05, 0.1) is 7.11 Å². The fourth-order valence-electron chi connectivity index (χ4n) is 3.16. The molecule has 1 aromatic rings. The second-order valence-corrected chi connectivity index (χ2v) is 5.91. The zero-order valence-corrected chi connectivity index (χ0v) is 13.0. The normalized spacial score (nSPS) is 22.2. The van der Waals surface area contributed by atoms with Gasteiger partial charge in [0.25, 0.3) is 0 Å². The van der Waals surface area contributed by atoms with Crippen LogP contribution in [-0.2, 0) is 0 Å². The minimum absolute atomic E-state index is 0.310. The van der Waals surface area contributed by atoms with E-state index < -0.39 is 0 Å². The molecule has 2 N–H and O–H groups in total. The van der Waals surface area contributed by atoms with Crippen LogP contribution in [0.4, 0.5) is 0 Å². The molecule has 2 unspecified atom stereocenters. The highest BCUT2D eigenvalue weighted by Gasteiger charge is 2.18. The average Bonchev–Trinajstić information content (AvgIpc) is 2.48. The summed E-state index contributed by atoms with van der Waals surface area (Å²) < 4.78 is 5.45. The van der Waals surface area contributed by atoms with Crippen LogP contribution < -0.4 is 15.4 Å². The summed E-state index contributed by atoms with van der Waals surface area (Å²) in [6.07, 6.45) is 5.21. The van der Waals surface area contributed by atoms with Gasteiger partial charge in [0.1, 0.15) is 5.75 Å². The third kappa shape index (κ3) is 4.22. The molecule has 1 aliphatic rings. The SMILES string of the molecule is COc1ccccc1[C@@H](C)NC(C)CC1CCCCN1. The van der Waals surface area contributed by atoms with Crippen molar-refractivity contribution in [1.29, 1.82) is 0 Å². The lowest BCUT2D eigenvalue weighted by molar-refractivity contribution is 0.331. The second kappa shape index (κ2) is 7.65. The molecule has 0 saturated carbocycles. The number of piperidine rings is 1. The van der Waals surface area contributed by atoms with Crippen molar-refractivity contribution in [1.82, 2.24) is 10.6 Å². The lowest BCUT2D eigenvalue weighted by Crippen LogP contribution is -2.40. The number of hydrogen-bond donors (Lipinski definition) is 2. The summed E-state index contributed by atoms with van der Waals surface area (Å²) in [6, 6.07) is 9.75. The minimum atomic E-state index is 0.310. The van der Waals surface area contributed by atoms with E-state index in [0.29, 0.717) is 18.1 Å². The summed E-state index contributed by atoms with van der Waals surface area (Å²) in [6.45, 7) is 5.67. The maximum absolute atomic E-state index is 5.45. The number of nitrogens with one attached hydrogen (secondary N) is 2. The predicted molar refractivity (Wildman–Crippen MR) is 84.3 cm³/mol. The van der Waals surface area contributed by atoms with Crippen molar-refractivity contribution in [3.8, 4) is 5.75 Å². The van der Waals surface area contributed by atoms with Gasteiger partial charge in [-0.3, -0.25) is 0 Å². The van der Waals surface area contributed by atoms with Crippen LogP contribution in [0.2, 0.25) is 0 Å². The molecule has 0 amide bonds. The Balaban J connectivity index is 1.87. The van der Waals surface area contributed by atoms with Gasteiger partial charge in [-0.1, -0.05) is 24.6 Å². The van der Waals surface area contributed by atoms with Crippen molar-refractivity contribution in [2.24, 2.45) is 0 Å². The van der Waals surface area contributed by atoms with Gasteiger partial charge in [-0.25, -0.2) is 0 Å². The molecule has 112 valence electrons. The van der Waals surface area contributed by atoms with E-state index >= 15 is 0 Å². The summed E-state index contributed by atoms with van der Waals surface area (Å²) in [5, 5.41) is 7.32. The van der Waals surface area contributed by atoms with Gasteiger partial charge in [-0.15, -0.1) is 0 Å². The molecule has 1 saturated heterocycles. The van der Waals surface area contributed by atoms with Crippen LogP contribution in [0, 0.1) is 0 Å². The quantitative estimate of drug-likeness (QED) is 0.836. The zero-order chi connectivity index (χ0) is 14.4. The maximum Gasteiger partial charge on any atom is 0.123 e. The topological polar surface area (TPSA) is 33.3 Å². The average molecular weight is 276 g/mol. The first-order valence-electron chi connectivity index (χ1n) is 7.83. The summed E-state index contributed by atoms with van der Waals surface area (Å²) in [4.78, 5) is 0. The molecule has 0 bridgehead atoms. The molecule has 0 aromatic heterocycles. The van der Waals surface area contributed by atoms with Crippen molar-refractivity contribution in [2.75, 3.05) is 13.7 Å². The van der Waals surface area contributed by atoms with Crippen molar-refractivity contribution < 1.29 is 4.74 Å². The van der Waals surface area contributed by atoms with E-state index in [1.807, 2.05) is 12.1 Å². The van der Waals surface area contributed by atoms with Gasteiger partial charge in [0, 0.05) is 23.7 Å². The van der Waals surface area contributed by atoms with Crippen LogP contribution in [0.25, 0.3) is 0 Å². The largest absolute Gasteiger partial charge is 0.496 e. The summed E-state index contributed by atoms with van der Waals surface area (Å²) in [7, 11) is 1.74. The predicted octanol–water partition coefficient (Wildman–Crippen LogP) is 3.27. The van der Waals surface area contributed by atoms with Crippen molar-refractivity contribution in [3.05, 3.63) is 29.8 Å². The highest BCUT2D eigenvalue weighted by molar-refractivity contribution is 5.35. The Morgan fingerprint density at radius 2 is 2.10 bits per heavy atom. The first kappa shape index (κ1) is 15.3. The van der Waals surface area contributed by atoms with Crippen LogP contribution in [0.15, 0.2) is 24.3 Å². The Bertz CT molecular complexity index is 402. The van der Waals surface area contributed by atoms with E-state index in [9.17, 15) is 0 Å². The van der Waals surface area contributed by atoms with Gasteiger partial charge in [0.15, 0.2) is 0 Å². The minimum Gasteiger partial charge on any atom is -0.496 e. The van der Waals surface area contributed by atoms with Gasteiger partial charge in [-0.05, 0) is 45.7 Å². The fraction of sp³-hybridized carbons (Fsp3) is 0.647. The number of hydrogen-bond acceptors (Lipinski definition) is 3. The monoisotopic (exact) mass is 276 g/mol. The van der Waals surface area contributed by atoms with Crippen LogP contribution in [0.1, 0.15) is 51.1 Å². The van der Waals surface area contributed by atoms with Crippen LogP contribution in [-0.4, -0.2) is 25.7 Å². The number of methoxy groups -OCH3 is 1. The first-order chi connectivity index (χ1) is 9.70. The van der Waals surface area contributed by atoms with E-state index in [0.717, 1.165) is 5.75 Å². The fourth-order valence-corrected chi connectivity index (χ4v) is 3.16. The second-order valence-electron chi connectivity index (χ2n) is 5.91. The lowest BCUT2D eigenvalue weighted by atomic mass is 9.98. The Hall–Kier alpha value is -1.06. The van der Waals surface area contributed by atoms with Crippen LogP contribution >= 0.6 is 0 Å². The molecule has 1 aliphatic heterocycles. The third-order valence-corrected chi connectivity index (χ3v) is 4.19. The van der Waals surface area contributed by atoms with Gasteiger partial charge < -0.3 is 15.4 Å². The molecule has 1 heterocycles. The Morgan fingerprint density at radius 1 is 1.30 bits per heavy atom. The molecule has 3 atom stereocenters. The Labute approximate surface area is 123 Å². The first-order valence-corrected chi connectivity index (χ1v) is 7.83. The highest BCUT2D eigenvalue weighted by Crippen LogP contribution is 2.25. The molecular weight excluding hydrogens is 248 g/mol. The van der Waals surface area contributed by atoms with Gasteiger partial charge >= 0.3 is 0 Å². The van der Waals surface area contributed by atoms with Crippen molar-refractivity contribution in [2.45, 2.75) is 57.7 Å². The molecule has 1 aromatic carbocycles. The molecule has 0 aliphatic carbocycles. The van der Waals surface area contributed by atoms with Crippen molar-refractivity contribution >= 4 is 0 Å². The smallest absolute Gasteiger partial charge is 0.123 e. The molecule has 1 fully saturated rings. The van der Waals surface area contributed by atoms with E-state index in [1.54, 1.807) is 7.11 Å². The number of ether oxygens (including phenoxy) is 1. The maximum atomic E-state index is 5.45. The number of benzene rings is 1. The van der Waals surface area contributed by atoms with E-state index in [-0.39, 0.29) is 0 Å². The molecule has 3 nitrogen and oxygen atoms in total. The Kier molecular flexibility index (Phi) is 5.86.